The Morgan fingerprint density at radius 3 is 3.00 bits per heavy atom. The first kappa shape index (κ1) is 10.0. The maximum atomic E-state index is 12.9. The molecule has 0 radical (unpaired) electrons. The van der Waals surface area contributed by atoms with E-state index in [-0.39, 0.29) is 17.8 Å². The van der Waals surface area contributed by atoms with Crippen LogP contribution in [0.15, 0.2) is 11.9 Å². The summed E-state index contributed by atoms with van der Waals surface area (Å²) in [4.78, 5) is 0. The van der Waals surface area contributed by atoms with Gasteiger partial charge in [-0.1, -0.05) is 0 Å². The Morgan fingerprint density at radius 2 is 2.42 bits per heavy atom. The summed E-state index contributed by atoms with van der Waals surface area (Å²) in [5.41, 5.74) is 0. The molecule has 0 amide bonds. The van der Waals surface area contributed by atoms with Crippen LogP contribution in [0.25, 0.3) is 0 Å². The van der Waals surface area contributed by atoms with Crippen LogP contribution < -0.4 is 0 Å². The van der Waals surface area contributed by atoms with Crippen molar-refractivity contribution < 1.29 is 9.13 Å². The fraction of sp³-hybridized carbons (Fsp3) is 0.778. The molecule has 0 bridgehead atoms. The van der Waals surface area contributed by atoms with E-state index < -0.39 is 0 Å². The molecule has 1 nitrogen and oxygen atoms in total. The maximum Gasteiger partial charge on any atom is 0.0997 e. The molecule has 1 heterocycles. The normalized spacial score (nSPS) is 25.8. The second kappa shape index (κ2) is 5.55. The SMILES string of the molecule is FC(=CCCl)CC1CCCCO1. The lowest BCUT2D eigenvalue weighted by molar-refractivity contribution is 0.0139. The smallest absolute Gasteiger partial charge is 0.0997 e. The van der Waals surface area contributed by atoms with E-state index in [1.54, 1.807) is 0 Å². The molecule has 0 saturated carbocycles. The fourth-order valence-corrected chi connectivity index (χ4v) is 1.52. The third kappa shape index (κ3) is 3.55. The average molecular weight is 193 g/mol. The Hall–Kier alpha value is -0.0800. The number of allylic oxidation sites excluding steroid dienone is 1. The fourth-order valence-electron chi connectivity index (χ4n) is 1.35. The summed E-state index contributed by atoms with van der Waals surface area (Å²) in [6, 6.07) is 0. The van der Waals surface area contributed by atoms with Crippen molar-refractivity contribution >= 4 is 11.6 Å². The summed E-state index contributed by atoms with van der Waals surface area (Å²) in [6.07, 6.45) is 5.12. The van der Waals surface area contributed by atoms with E-state index in [0.717, 1.165) is 25.9 Å². The highest BCUT2D eigenvalue weighted by Gasteiger charge is 2.14. The van der Waals surface area contributed by atoms with Gasteiger partial charge in [-0.15, -0.1) is 11.6 Å². The zero-order valence-electron chi connectivity index (χ0n) is 7.06. The van der Waals surface area contributed by atoms with Crippen LogP contribution >= 0.6 is 11.6 Å². The number of rotatable bonds is 3. The Bertz CT molecular complexity index is 153. The van der Waals surface area contributed by atoms with E-state index in [0.29, 0.717) is 6.42 Å². The first-order chi connectivity index (χ1) is 5.83. The number of alkyl halides is 1. The van der Waals surface area contributed by atoms with Crippen molar-refractivity contribution in [2.45, 2.75) is 31.8 Å². The predicted molar refractivity (Wildman–Crippen MR) is 48.1 cm³/mol. The number of hydrogen-bond donors (Lipinski definition) is 0. The van der Waals surface area contributed by atoms with Crippen LogP contribution in [0.1, 0.15) is 25.7 Å². The summed E-state index contributed by atoms with van der Waals surface area (Å²) in [5.74, 6) is 0.107. The quantitative estimate of drug-likeness (QED) is 0.625. The first-order valence-corrected chi connectivity index (χ1v) is 4.88. The van der Waals surface area contributed by atoms with Gasteiger partial charge in [0.15, 0.2) is 0 Å². The zero-order chi connectivity index (χ0) is 8.81. The van der Waals surface area contributed by atoms with Crippen molar-refractivity contribution in [3.05, 3.63) is 11.9 Å². The van der Waals surface area contributed by atoms with E-state index in [2.05, 4.69) is 0 Å². The molecule has 1 aliphatic rings. The minimum absolute atomic E-state index is 0.0817. The van der Waals surface area contributed by atoms with Crippen molar-refractivity contribution in [2.24, 2.45) is 0 Å². The van der Waals surface area contributed by atoms with Crippen LogP contribution in [-0.2, 0) is 4.74 Å². The molecule has 3 heteroatoms. The average Bonchev–Trinajstić information content (AvgIpc) is 2.06. The van der Waals surface area contributed by atoms with Crippen LogP contribution in [0, 0.1) is 0 Å². The van der Waals surface area contributed by atoms with Crippen LogP contribution in [0.4, 0.5) is 4.39 Å². The summed E-state index contributed by atoms with van der Waals surface area (Å²) in [5, 5.41) is 0. The van der Waals surface area contributed by atoms with E-state index in [4.69, 9.17) is 16.3 Å². The molecule has 0 spiro atoms. The van der Waals surface area contributed by atoms with Crippen LogP contribution in [0.5, 0.6) is 0 Å². The van der Waals surface area contributed by atoms with Gasteiger partial charge in [-0.25, -0.2) is 4.39 Å². The molecule has 0 aromatic rings. The van der Waals surface area contributed by atoms with Crippen molar-refractivity contribution in [2.75, 3.05) is 12.5 Å². The summed E-state index contributed by atoms with van der Waals surface area (Å²) >= 11 is 5.36. The van der Waals surface area contributed by atoms with Crippen molar-refractivity contribution in [3.8, 4) is 0 Å². The maximum absolute atomic E-state index is 12.9. The molecular weight excluding hydrogens is 179 g/mol. The molecule has 70 valence electrons. The molecule has 1 atom stereocenters. The van der Waals surface area contributed by atoms with Gasteiger partial charge in [0.05, 0.1) is 11.9 Å². The second-order valence-corrected chi connectivity index (χ2v) is 3.31. The highest BCUT2D eigenvalue weighted by atomic mass is 35.5. The largest absolute Gasteiger partial charge is 0.378 e. The monoisotopic (exact) mass is 192 g/mol. The van der Waals surface area contributed by atoms with Gasteiger partial charge in [0.1, 0.15) is 0 Å². The van der Waals surface area contributed by atoms with Crippen LogP contribution in [-0.4, -0.2) is 18.6 Å². The molecular formula is C9H14ClFO. The molecule has 12 heavy (non-hydrogen) atoms. The second-order valence-electron chi connectivity index (χ2n) is 3.00. The Balaban J connectivity index is 2.24. The van der Waals surface area contributed by atoms with E-state index in [1.165, 1.54) is 6.08 Å². The van der Waals surface area contributed by atoms with Crippen molar-refractivity contribution in [3.63, 3.8) is 0 Å². The van der Waals surface area contributed by atoms with Crippen molar-refractivity contribution in [1.29, 1.82) is 0 Å². The van der Waals surface area contributed by atoms with E-state index in [1.807, 2.05) is 0 Å². The minimum atomic E-state index is -0.142. The number of ether oxygens (including phenoxy) is 1. The van der Waals surface area contributed by atoms with Gasteiger partial charge in [-0.2, -0.15) is 0 Å². The van der Waals surface area contributed by atoms with E-state index in [9.17, 15) is 4.39 Å². The lowest BCUT2D eigenvalue weighted by Gasteiger charge is -2.21. The molecule has 0 aliphatic carbocycles. The van der Waals surface area contributed by atoms with Gasteiger partial charge in [0.2, 0.25) is 0 Å². The first-order valence-electron chi connectivity index (χ1n) is 4.35. The molecule has 0 aromatic heterocycles. The highest BCUT2D eigenvalue weighted by Crippen LogP contribution is 2.19. The van der Waals surface area contributed by atoms with Gasteiger partial charge in [-0.3, -0.25) is 0 Å². The lowest BCUT2D eigenvalue weighted by Crippen LogP contribution is -2.18. The topological polar surface area (TPSA) is 9.23 Å². The van der Waals surface area contributed by atoms with Crippen LogP contribution in [0.3, 0.4) is 0 Å². The number of hydrogen-bond acceptors (Lipinski definition) is 1. The molecule has 1 aliphatic heterocycles. The third-order valence-electron chi connectivity index (χ3n) is 2.00. The summed E-state index contributed by atoms with van der Waals surface area (Å²) < 4.78 is 18.3. The Morgan fingerprint density at radius 1 is 1.58 bits per heavy atom. The van der Waals surface area contributed by atoms with Gasteiger partial charge < -0.3 is 4.74 Å². The van der Waals surface area contributed by atoms with Gasteiger partial charge >= 0.3 is 0 Å². The van der Waals surface area contributed by atoms with Crippen molar-refractivity contribution in [1.82, 2.24) is 0 Å². The predicted octanol–water partition coefficient (Wildman–Crippen LogP) is 3.04. The molecule has 1 fully saturated rings. The standard InChI is InChI=1S/C9H14ClFO/c10-5-4-8(11)7-9-3-1-2-6-12-9/h4,9H,1-3,5-7H2. The van der Waals surface area contributed by atoms with Gasteiger partial charge in [0.25, 0.3) is 0 Å². The molecule has 1 saturated heterocycles. The minimum Gasteiger partial charge on any atom is -0.378 e. The highest BCUT2D eigenvalue weighted by molar-refractivity contribution is 6.18. The summed E-state index contributed by atoms with van der Waals surface area (Å²) in [7, 11) is 0. The zero-order valence-corrected chi connectivity index (χ0v) is 7.82. The number of halogens is 2. The van der Waals surface area contributed by atoms with E-state index >= 15 is 0 Å². The van der Waals surface area contributed by atoms with Gasteiger partial charge in [-0.05, 0) is 25.3 Å². The Kier molecular flexibility index (Phi) is 4.62. The molecule has 0 aromatic carbocycles. The Labute approximate surface area is 77.5 Å². The molecule has 1 rings (SSSR count). The van der Waals surface area contributed by atoms with Crippen LogP contribution in [0.2, 0.25) is 0 Å². The molecule has 1 unspecified atom stereocenters. The molecule has 0 N–H and O–H groups in total. The summed E-state index contributed by atoms with van der Waals surface area (Å²) in [6.45, 7) is 0.777. The third-order valence-corrected chi connectivity index (χ3v) is 2.15. The lowest BCUT2D eigenvalue weighted by atomic mass is 10.1. The van der Waals surface area contributed by atoms with Gasteiger partial charge in [0, 0.05) is 18.9 Å².